The lowest BCUT2D eigenvalue weighted by Crippen LogP contribution is -2.48. The van der Waals surface area contributed by atoms with E-state index in [4.69, 9.17) is 9.47 Å². The lowest BCUT2D eigenvalue weighted by Gasteiger charge is -2.40. The fourth-order valence-corrected chi connectivity index (χ4v) is 3.16. The molecule has 0 amide bonds. The third-order valence-corrected chi connectivity index (χ3v) is 4.23. The predicted octanol–water partition coefficient (Wildman–Crippen LogP) is 0.885. The van der Waals surface area contributed by atoms with Gasteiger partial charge in [0.05, 0.1) is 19.3 Å². The maximum absolute atomic E-state index is 9.66. The van der Waals surface area contributed by atoms with Crippen LogP contribution in [0.15, 0.2) is 0 Å². The van der Waals surface area contributed by atoms with Gasteiger partial charge in [-0.15, -0.1) is 0 Å². The molecule has 2 rings (SSSR count). The van der Waals surface area contributed by atoms with E-state index in [1.807, 2.05) is 0 Å². The van der Waals surface area contributed by atoms with Gasteiger partial charge in [-0.3, -0.25) is 0 Å². The SMILES string of the molecule is CC1OCCC1N(C)CC1(CO)CCCOC1. The fraction of sp³-hybridized carbons (Fsp3) is 1.00. The zero-order chi connectivity index (χ0) is 12.3. The molecule has 4 heteroatoms. The maximum Gasteiger partial charge on any atom is 0.0702 e. The summed E-state index contributed by atoms with van der Waals surface area (Å²) in [4.78, 5) is 2.35. The first-order valence-electron chi connectivity index (χ1n) is 6.67. The summed E-state index contributed by atoms with van der Waals surface area (Å²) < 4.78 is 11.2. The molecular formula is C13H25NO3. The molecule has 3 unspecified atom stereocenters. The van der Waals surface area contributed by atoms with Gasteiger partial charge in [0.1, 0.15) is 0 Å². The van der Waals surface area contributed by atoms with Gasteiger partial charge in [0.25, 0.3) is 0 Å². The van der Waals surface area contributed by atoms with Crippen LogP contribution >= 0.6 is 0 Å². The van der Waals surface area contributed by atoms with Crippen molar-refractivity contribution in [1.29, 1.82) is 0 Å². The molecule has 2 aliphatic rings. The quantitative estimate of drug-likeness (QED) is 0.796. The average molecular weight is 243 g/mol. The van der Waals surface area contributed by atoms with Gasteiger partial charge in [-0.2, -0.15) is 0 Å². The van der Waals surface area contributed by atoms with Crippen molar-refractivity contribution in [3.8, 4) is 0 Å². The third-order valence-electron chi connectivity index (χ3n) is 4.23. The molecule has 4 nitrogen and oxygen atoms in total. The Bertz CT molecular complexity index is 241. The summed E-state index contributed by atoms with van der Waals surface area (Å²) in [6, 6.07) is 0.486. The first kappa shape index (κ1) is 13.3. The molecule has 2 heterocycles. The highest BCUT2D eigenvalue weighted by molar-refractivity contribution is 4.88. The molecule has 2 fully saturated rings. The van der Waals surface area contributed by atoms with Crippen LogP contribution in [0.1, 0.15) is 26.2 Å². The highest BCUT2D eigenvalue weighted by Crippen LogP contribution is 2.31. The van der Waals surface area contributed by atoms with Crippen molar-refractivity contribution in [2.75, 3.05) is 40.0 Å². The summed E-state index contributed by atoms with van der Waals surface area (Å²) in [5, 5.41) is 9.66. The van der Waals surface area contributed by atoms with Gasteiger partial charge in [-0.1, -0.05) is 0 Å². The lowest BCUT2D eigenvalue weighted by molar-refractivity contribution is -0.0602. The van der Waals surface area contributed by atoms with Crippen LogP contribution in [-0.4, -0.2) is 62.2 Å². The summed E-state index contributed by atoms with van der Waals surface area (Å²) in [6.07, 6.45) is 3.53. The molecule has 2 aliphatic heterocycles. The molecule has 0 aromatic heterocycles. The number of hydrogen-bond donors (Lipinski definition) is 1. The zero-order valence-electron chi connectivity index (χ0n) is 11.0. The molecule has 0 bridgehead atoms. The van der Waals surface area contributed by atoms with Gasteiger partial charge in [0.2, 0.25) is 0 Å². The van der Waals surface area contributed by atoms with E-state index in [-0.39, 0.29) is 12.0 Å². The van der Waals surface area contributed by atoms with Crippen LogP contribution in [0.25, 0.3) is 0 Å². The first-order valence-corrected chi connectivity index (χ1v) is 6.67. The smallest absolute Gasteiger partial charge is 0.0702 e. The minimum atomic E-state index is -0.0602. The van der Waals surface area contributed by atoms with Gasteiger partial charge in [0, 0.05) is 31.2 Å². The summed E-state index contributed by atoms with van der Waals surface area (Å²) >= 11 is 0. The zero-order valence-corrected chi connectivity index (χ0v) is 11.0. The molecule has 17 heavy (non-hydrogen) atoms. The molecule has 0 aromatic carbocycles. The van der Waals surface area contributed by atoms with Gasteiger partial charge >= 0.3 is 0 Å². The summed E-state index contributed by atoms with van der Waals surface area (Å²) in [7, 11) is 2.14. The van der Waals surface area contributed by atoms with Crippen LogP contribution < -0.4 is 0 Å². The van der Waals surface area contributed by atoms with Gasteiger partial charge in [-0.05, 0) is 33.2 Å². The predicted molar refractivity (Wildman–Crippen MR) is 66.0 cm³/mol. The second-order valence-corrected chi connectivity index (χ2v) is 5.66. The van der Waals surface area contributed by atoms with E-state index < -0.39 is 0 Å². The number of likely N-dealkylation sites (N-methyl/N-ethyl adjacent to an activating group) is 1. The van der Waals surface area contributed by atoms with Crippen molar-refractivity contribution < 1.29 is 14.6 Å². The Hall–Kier alpha value is -0.160. The molecule has 0 aliphatic carbocycles. The molecule has 0 aromatic rings. The molecule has 1 N–H and O–H groups in total. The van der Waals surface area contributed by atoms with Crippen LogP contribution in [0.2, 0.25) is 0 Å². The van der Waals surface area contributed by atoms with E-state index in [1.165, 1.54) is 0 Å². The fourth-order valence-electron chi connectivity index (χ4n) is 3.16. The minimum Gasteiger partial charge on any atom is -0.396 e. The van der Waals surface area contributed by atoms with E-state index in [0.717, 1.165) is 39.0 Å². The van der Waals surface area contributed by atoms with Crippen LogP contribution in [0.5, 0.6) is 0 Å². The van der Waals surface area contributed by atoms with Gasteiger partial charge < -0.3 is 19.5 Å². The topological polar surface area (TPSA) is 41.9 Å². The van der Waals surface area contributed by atoms with Crippen molar-refractivity contribution in [2.45, 2.75) is 38.3 Å². The number of rotatable bonds is 4. The molecule has 0 spiro atoms. The lowest BCUT2D eigenvalue weighted by atomic mass is 9.82. The molecule has 0 saturated carbocycles. The minimum absolute atomic E-state index is 0.0602. The van der Waals surface area contributed by atoms with Crippen molar-refractivity contribution in [3.63, 3.8) is 0 Å². The second-order valence-electron chi connectivity index (χ2n) is 5.66. The molecule has 100 valence electrons. The van der Waals surface area contributed by atoms with E-state index >= 15 is 0 Å². The van der Waals surface area contributed by atoms with E-state index in [9.17, 15) is 5.11 Å². The third kappa shape index (κ3) is 2.99. The van der Waals surface area contributed by atoms with Crippen molar-refractivity contribution in [1.82, 2.24) is 4.90 Å². The van der Waals surface area contributed by atoms with Crippen molar-refractivity contribution in [3.05, 3.63) is 0 Å². The van der Waals surface area contributed by atoms with Gasteiger partial charge in [0.15, 0.2) is 0 Å². The number of hydrogen-bond acceptors (Lipinski definition) is 4. The summed E-state index contributed by atoms with van der Waals surface area (Å²) in [6.45, 7) is 5.65. The van der Waals surface area contributed by atoms with Crippen molar-refractivity contribution >= 4 is 0 Å². The highest BCUT2D eigenvalue weighted by Gasteiger charge is 2.37. The molecule has 3 atom stereocenters. The van der Waals surface area contributed by atoms with Crippen LogP contribution in [0.3, 0.4) is 0 Å². The Morgan fingerprint density at radius 2 is 2.24 bits per heavy atom. The van der Waals surface area contributed by atoms with E-state index in [1.54, 1.807) is 0 Å². The Morgan fingerprint density at radius 3 is 2.76 bits per heavy atom. The number of aliphatic hydroxyl groups excluding tert-OH is 1. The summed E-state index contributed by atoms with van der Waals surface area (Å²) in [5.74, 6) is 0. The van der Waals surface area contributed by atoms with Crippen LogP contribution in [0, 0.1) is 5.41 Å². The largest absolute Gasteiger partial charge is 0.396 e. The number of ether oxygens (including phenoxy) is 2. The maximum atomic E-state index is 9.66. The van der Waals surface area contributed by atoms with Gasteiger partial charge in [-0.25, -0.2) is 0 Å². The monoisotopic (exact) mass is 243 g/mol. The van der Waals surface area contributed by atoms with E-state index in [2.05, 4.69) is 18.9 Å². The van der Waals surface area contributed by atoms with Crippen LogP contribution in [0.4, 0.5) is 0 Å². The first-order chi connectivity index (χ1) is 8.17. The highest BCUT2D eigenvalue weighted by atomic mass is 16.5. The average Bonchev–Trinajstić information content (AvgIpc) is 2.77. The Labute approximate surface area is 104 Å². The number of nitrogens with zero attached hydrogens (tertiary/aromatic N) is 1. The Kier molecular flexibility index (Phi) is 4.42. The van der Waals surface area contributed by atoms with Crippen LogP contribution in [-0.2, 0) is 9.47 Å². The van der Waals surface area contributed by atoms with E-state index in [0.29, 0.717) is 18.8 Å². The normalized spacial score (nSPS) is 38.8. The molecule has 2 saturated heterocycles. The summed E-state index contributed by atoms with van der Waals surface area (Å²) in [5.41, 5.74) is -0.0602. The Balaban J connectivity index is 1.93. The number of aliphatic hydroxyl groups is 1. The molecular weight excluding hydrogens is 218 g/mol. The standard InChI is InChI=1S/C13H25NO3/c1-11-12(4-7-17-11)14(2)8-13(9-15)5-3-6-16-10-13/h11-12,15H,3-10H2,1-2H3. The Morgan fingerprint density at radius 1 is 1.41 bits per heavy atom. The second kappa shape index (κ2) is 5.65. The molecule has 0 radical (unpaired) electrons. The van der Waals surface area contributed by atoms with Crippen molar-refractivity contribution in [2.24, 2.45) is 5.41 Å².